The number of fused-ring (bicyclic) bond motifs is 3. The van der Waals surface area contributed by atoms with Gasteiger partial charge in [0.2, 0.25) is 5.91 Å². The molecule has 0 unspecified atom stereocenters. The van der Waals surface area contributed by atoms with E-state index >= 15 is 0 Å². The highest BCUT2D eigenvalue weighted by molar-refractivity contribution is 6.30. The van der Waals surface area contributed by atoms with E-state index in [-0.39, 0.29) is 11.8 Å². The van der Waals surface area contributed by atoms with Gasteiger partial charge in [0.1, 0.15) is 0 Å². The second-order valence-corrected chi connectivity index (χ2v) is 7.01. The quantitative estimate of drug-likeness (QED) is 0.685. The van der Waals surface area contributed by atoms with E-state index in [4.69, 9.17) is 11.6 Å². The molecule has 0 radical (unpaired) electrons. The number of H-pyrrole nitrogens is 1. The molecule has 0 spiro atoms. The van der Waals surface area contributed by atoms with E-state index in [1.165, 1.54) is 10.9 Å². The van der Waals surface area contributed by atoms with Crippen molar-refractivity contribution in [2.45, 2.75) is 38.1 Å². The zero-order chi connectivity index (χ0) is 17.2. The molecule has 2 aromatic heterocycles. The summed E-state index contributed by atoms with van der Waals surface area (Å²) in [6, 6.07) is 8.31. The standard InChI is InChI=1S/C19H21ClN4O/c20-13-11-22-24(12-13)10-4-9-21-19(25)16-7-3-6-15-14-5-1-2-8-17(14)23-18(15)16/h1-2,5,8,11-12,16,23H,3-4,6-7,9-10H2,(H,21,25)/t16-/m1/s1. The fourth-order valence-corrected chi connectivity index (χ4v) is 3.87. The van der Waals surface area contributed by atoms with Gasteiger partial charge < -0.3 is 10.3 Å². The Morgan fingerprint density at radius 1 is 1.40 bits per heavy atom. The van der Waals surface area contributed by atoms with Crippen LogP contribution in [0.15, 0.2) is 36.7 Å². The molecule has 5 nitrogen and oxygen atoms in total. The highest BCUT2D eigenvalue weighted by Gasteiger charge is 2.29. The van der Waals surface area contributed by atoms with Gasteiger partial charge >= 0.3 is 0 Å². The van der Waals surface area contributed by atoms with Gasteiger partial charge in [-0.25, -0.2) is 0 Å². The van der Waals surface area contributed by atoms with Crippen molar-refractivity contribution in [3.63, 3.8) is 0 Å². The van der Waals surface area contributed by atoms with Gasteiger partial charge in [0, 0.05) is 35.9 Å². The summed E-state index contributed by atoms with van der Waals surface area (Å²) in [6.45, 7) is 1.39. The number of halogens is 1. The lowest BCUT2D eigenvalue weighted by Crippen LogP contribution is -2.32. The Kier molecular flexibility index (Phi) is 4.49. The van der Waals surface area contributed by atoms with Crippen molar-refractivity contribution in [2.24, 2.45) is 0 Å². The van der Waals surface area contributed by atoms with Crippen molar-refractivity contribution < 1.29 is 4.79 Å². The number of carbonyl (C=O) groups is 1. The number of benzene rings is 1. The number of hydrogen-bond acceptors (Lipinski definition) is 2. The molecular weight excluding hydrogens is 336 g/mol. The number of nitrogens with one attached hydrogen (secondary N) is 2. The Morgan fingerprint density at radius 2 is 2.28 bits per heavy atom. The summed E-state index contributed by atoms with van der Waals surface area (Å²) in [6.07, 6.45) is 7.25. The van der Waals surface area contributed by atoms with Crippen LogP contribution in [-0.2, 0) is 17.8 Å². The summed E-state index contributed by atoms with van der Waals surface area (Å²) in [7, 11) is 0. The topological polar surface area (TPSA) is 62.7 Å². The Morgan fingerprint density at radius 3 is 3.12 bits per heavy atom. The van der Waals surface area contributed by atoms with Crippen molar-refractivity contribution in [3.05, 3.63) is 52.9 Å². The summed E-state index contributed by atoms with van der Waals surface area (Å²) in [4.78, 5) is 16.2. The van der Waals surface area contributed by atoms with Gasteiger partial charge in [-0.05, 0) is 37.3 Å². The third-order valence-corrected chi connectivity index (χ3v) is 5.09. The lowest BCUT2D eigenvalue weighted by Gasteiger charge is -2.22. The second-order valence-electron chi connectivity index (χ2n) is 6.57. The van der Waals surface area contributed by atoms with Crippen LogP contribution in [0.4, 0.5) is 0 Å². The smallest absolute Gasteiger partial charge is 0.229 e. The maximum absolute atomic E-state index is 12.7. The molecule has 1 aromatic carbocycles. The Bertz CT molecular complexity index is 898. The van der Waals surface area contributed by atoms with Crippen molar-refractivity contribution in [2.75, 3.05) is 6.54 Å². The van der Waals surface area contributed by atoms with E-state index in [9.17, 15) is 4.79 Å². The van der Waals surface area contributed by atoms with Crippen LogP contribution in [0.5, 0.6) is 0 Å². The summed E-state index contributed by atoms with van der Waals surface area (Å²) < 4.78 is 1.80. The monoisotopic (exact) mass is 356 g/mol. The maximum Gasteiger partial charge on any atom is 0.229 e. The van der Waals surface area contributed by atoms with Crippen molar-refractivity contribution in [3.8, 4) is 0 Å². The van der Waals surface area contributed by atoms with Gasteiger partial charge in [0.05, 0.1) is 17.1 Å². The number of aryl methyl sites for hydroxylation is 2. The van der Waals surface area contributed by atoms with Gasteiger partial charge in [-0.3, -0.25) is 9.48 Å². The zero-order valence-electron chi connectivity index (χ0n) is 14.0. The molecule has 2 N–H and O–H groups in total. The third-order valence-electron chi connectivity index (χ3n) is 4.90. The summed E-state index contributed by atoms with van der Waals surface area (Å²) in [5.41, 5.74) is 3.54. The van der Waals surface area contributed by atoms with Crippen LogP contribution in [0.2, 0.25) is 5.02 Å². The fraction of sp³-hybridized carbons (Fsp3) is 0.368. The first-order valence-corrected chi connectivity index (χ1v) is 9.15. The molecule has 1 aliphatic carbocycles. The Labute approximate surface area is 151 Å². The molecule has 1 aliphatic rings. The largest absolute Gasteiger partial charge is 0.357 e. The van der Waals surface area contributed by atoms with Gasteiger partial charge in [-0.15, -0.1) is 0 Å². The van der Waals surface area contributed by atoms with Gasteiger partial charge in [0.25, 0.3) is 0 Å². The second kappa shape index (κ2) is 6.92. The van der Waals surface area contributed by atoms with Crippen molar-refractivity contribution in [1.82, 2.24) is 20.1 Å². The summed E-state index contributed by atoms with van der Waals surface area (Å²) in [5.74, 6) is 0.0429. The molecule has 0 bridgehead atoms. The zero-order valence-corrected chi connectivity index (χ0v) is 14.7. The summed E-state index contributed by atoms with van der Waals surface area (Å²) >= 11 is 5.85. The number of rotatable bonds is 5. The van der Waals surface area contributed by atoms with Crippen LogP contribution in [0, 0.1) is 0 Å². The first-order chi connectivity index (χ1) is 12.2. The van der Waals surface area contributed by atoms with E-state index < -0.39 is 0 Å². The molecule has 0 fully saturated rings. The van der Waals surface area contributed by atoms with Crippen LogP contribution < -0.4 is 5.32 Å². The SMILES string of the molecule is O=C(NCCCn1cc(Cl)cn1)[C@@H]1CCCc2c1[nH]c1ccccc21. The first-order valence-electron chi connectivity index (χ1n) is 8.77. The highest BCUT2D eigenvalue weighted by atomic mass is 35.5. The number of carbonyl (C=O) groups excluding carboxylic acids is 1. The van der Waals surface area contributed by atoms with Crippen LogP contribution in [0.3, 0.4) is 0 Å². The van der Waals surface area contributed by atoms with Crippen LogP contribution >= 0.6 is 11.6 Å². The molecule has 130 valence electrons. The Balaban J connectivity index is 1.40. The van der Waals surface area contributed by atoms with E-state index in [2.05, 4.69) is 33.6 Å². The molecule has 4 rings (SSSR count). The maximum atomic E-state index is 12.7. The number of para-hydroxylation sites is 1. The molecule has 0 saturated heterocycles. The number of nitrogens with zero attached hydrogens (tertiary/aromatic N) is 2. The summed E-state index contributed by atoms with van der Waals surface area (Å²) in [5, 5.41) is 9.12. The van der Waals surface area contributed by atoms with Crippen LogP contribution in [0.1, 0.15) is 36.4 Å². The van der Waals surface area contributed by atoms with E-state index in [0.29, 0.717) is 11.6 Å². The van der Waals surface area contributed by atoms with Gasteiger partial charge in [-0.1, -0.05) is 29.8 Å². The Hall–Kier alpha value is -2.27. The molecule has 3 aromatic rings. The number of aromatic amines is 1. The first kappa shape index (κ1) is 16.2. The predicted molar refractivity (Wildman–Crippen MR) is 98.8 cm³/mol. The highest BCUT2D eigenvalue weighted by Crippen LogP contribution is 2.36. The lowest BCUT2D eigenvalue weighted by molar-refractivity contribution is -0.122. The molecule has 1 amide bonds. The molecule has 0 saturated carbocycles. The molecular formula is C19H21ClN4O. The lowest BCUT2D eigenvalue weighted by atomic mass is 9.86. The van der Waals surface area contributed by atoms with Crippen molar-refractivity contribution >= 4 is 28.4 Å². The predicted octanol–water partition coefficient (Wildman–Crippen LogP) is 3.64. The minimum absolute atomic E-state index is 0.0738. The minimum Gasteiger partial charge on any atom is -0.357 e. The van der Waals surface area contributed by atoms with Crippen LogP contribution in [-0.4, -0.2) is 27.2 Å². The molecule has 2 heterocycles. The molecule has 25 heavy (non-hydrogen) atoms. The normalized spacial score (nSPS) is 16.8. The van der Waals surface area contributed by atoms with Gasteiger partial charge in [0.15, 0.2) is 0 Å². The fourth-order valence-electron chi connectivity index (χ4n) is 3.71. The molecule has 0 aliphatic heterocycles. The number of aromatic nitrogens is 3. The van der Waals surface area contributed by atoms with E-state index in [0.717, 1.165) is 43.4 Å². The minimum atomic E-state index is -0.0738. The molecule has 1 atom stereocenters. The van der Waals surface area contributed by atoms with Crippen molar-refractivity contribution in [1.29, 1.82) is 0 Å². The van der Waals surface area contributed by atoms with Gasteiger partial charge in [-0.2, -0.15) is 5.10 Å². The average Bonchev–Trinajstić information content (AvgIpc) is 3.21. The average molecular weight is 357 g/mol. The third kappa shape index (κ3) is 3.29. The van der Waals surface area contributed by atoms with E-state index in [1.807, 2.05) is 6.07 Å². The molecule has 6 heteroatoms. The van der Waals surface area contributed by atoms with Crippen LogP contribution in [0.25, 0.3) is 10.9 Å². The number of amides is 1. The number of hydrogen-bond donors (Lipinski definition) is 2. The van der Waals surface area contributed by atoms with E-state index in [1.54, 1.807) is 17.1 Å².